The molecule has 0 amide bonds. The van der Waals surface area contributed by atoms with Gasteiger partial charge in [-0.05, 0) is 35.7 Å². The Hall–Kier alpha value is -2.16. The number of nitrogens with zero attached hydrogens (tertiary/aromatic N) is 1. The summed E-state index contributed by atoms with van der Waals surface area (Å²) in [5.74, 6) is -0.273. The highest BCUT2D eigenvalue weighted by Crippen LogP contribution is 2.06. The van der Waals surface area contributed by atoms with Gasteiger partial charge in [0, 0.05) is 5.56 Å². The molecule has 0 aromatic heterocycles. The number of hydrogen-bond donors (Lipinski definition) is 0. The van der Waals surface area contributed by atoms with Crippen LogP contribution in [0.3, 0.4) is 0 Å². The summed E-state index contributed by atoms with van der Waals surface area (Å²) < 4.78 is 12.9. The molecule has 0 aliphatic rings. The average Bonchev–Trinajstić information content (AvgIpc) is 2.44. The van der Waals surface area contributed by atoms with E-state index < -0.39 is 0 Å². The van der Waals surface area contributed by atoms with Crippen LogP contribution >= 0.6 is 0 Å². The summed E-state index contributed by atoms with van der Waals surface area (Å²) in [5, 5.41) is 3.77. The van der Waals surface area contributed by atoms with Crippen molar-refractivity contribution in [1.29, 1.82) is 0 Å². The van der Waals surface area contributed by atoms with Gasteiger partial charge in [0.1, 0.15) is 18.6 Å². The molecule has 0 heterocycles. The van der Waals surface area contributed by atoms with Gasteiger partial charge in [-0.15, -0.1) is 0 Å². The fourth-order valence-electron chi connectivity index (χ4n) is 1.68. The largest absolute Gasteiger partial charge is 0.390 e. The van der Waals surface area contributed by atoms with Crippen molar-refractivity contribution in [1.82, 2.24) is 0 Å². The minimum atomic E-state index is -0.273. The summed E-state index contributed by atoms with van der Waals surface area (Å²) in [6.07, 6.45) is 3.79. The van der Waals surface area contributed by atoms with E-state index in [1.165, 1.54) is 17.7 Å². The monoisotopic (exact) mass is 256 g/mol. The van der Waals surface area contributed by atoms with Gasteiger partial charge in [0.15, 0.2) is 0 Å². The van der Waals surface area contributed by atoms with Crippen LogP contribution in [-0.4, -0.2) is 6.21 Å². The van der Waals surface area contributed by atoms with E-state index in [-0.39, 0.29) is 12.4 Å². The van der Waals surface area contributed by atoms with E-state index >= 15 is 0 Å². The van der Waals surface area contributed by atoms with Crippen LogP contribution in [0.15, 0.2) is 53.7 Å². The quantitative estimate of drug-likeness (QED) is 0.588. The van der Waals surface area contributed by atoms with E-state index in [4.69, 9.17) is 4.84 Å². The normalized spacial score (nSPS) is 10.8. The molecule has 0 saturated carbocycles. The summed E-state index contributed by atoms with van der Waals surface area (Å²) >= 11 is 0. The Morgan fingerprint density at radius 3 is 2.68 bits per heavy atom. The van der Waals surface area contributed by atoms with Crippen LogP contribution < -0.4 is 0 Å². The highest BCUT2D eigenvalue weighted by atomic mass is 19.1. The van der Waals surface area contributed by atoms with Crippen LogP contribution in [0.1, 0.15) is 23.6 Å². The summed E-state index contributed by atoms with van der Waals surface area (Å²) in [4.78, 5) is 5.10. The van der Waals surface area contributed by atoms with Gasteiger partial charge in [-0.2, -0.15) is 0 Å². The minimum Gasteiger partial charge on any atom is -0.390 e. The number of halogens is 1. The molecule has 0 saturated heterocycles. The number of hydrogen-bond acceptors (Lipinski definition) is 2. The van der Waals surface area contributed by atoms with Crippen molar-refractivity contribution in [3.8, 4) is 0 Å². The molecule has 0 bridgehead atoms. The molecule has 2 aromatic carbocycles. The molecule has 3 heteroatoms. The Kier molecular flexibility index (Phi) is 4.67. The van der Waals surface area contributed by atoms with Crippen molar-refractivity contribution in [3.63, 3.8) is 0 Å². The van der Waals surface area contributed by atoms with Crippen molar-refractivity contribution >= 4 is 6.21 Å². The van der Waals surface area contributed by atoms with E-state index in [2.05, 4.69) is 24.4 Å². The number of benzene rings is 2. The van der Waals surface area contributed by atoms with Gasteiger partial charge >= 0.3 is 0 Å². The molecule has 0 atom stereocenters. The fraction of sp³-hybridized carbons (Fsp3) is 0.188. The zero-order valence-electron chi connectivity index (χ0n) is 10.8. The fourth-order valence-corrected chi connectivity index (χ4v) is 1.68. The Labute approximate surface area is 112 Å². The van der Waals surface area contributed by atoms with Crippen molar-refractivity contribution in [2.24, 2.45) is 5.16 Å². The van der Waals surface area contributed by atoms with E-state index in [0.717, 1.165) is 17.5 Å². The molecule has 0 spiro atoms. The van der Waals surface area contributed by atoms with E-state index in [1.807, 2.05) is 18.2 Å². The third-order valence-electron chi connectivity index (χ3n) is 2.69. The summed E-state index contributed by atoms with van der Waals surface area (Å²) in [5.41, 5.74) is 2.84. The molecular formula is C16H15FNO. The lowest BCUT2D eigenvalue weighted by Crippen LogP contribution is -1.90. The first-order valence-corrected chi connectivity index (χ1v) is 6.19. The van der Waals surface area contributed by atoms with E-state index in [0.29, 0.717) is 0 Å². The maximum atomic E-state index is 12.9. The Morgan fingerprint density at radius 2 is 1.89 bits per heavy atom. The van der Waals surface area contributed by atoms with Gasteiger partial charge in [-0.1, -0.05) is 42.4 Å². The molecule has 2 nitrogen and oxygen atoms in total. The van der Waals surface area contributed by atoms with Gasteiger partial charge in [0.05, 0.1) is 0 Å². The van der Waals surface area contributed by atoms with Crippen molar-refractivity contribution < 1.29 is 9.23 Å². The van der Waals surface area contributed by atoms with Gasteiger partial charge in [0.25, 0.3) is 0 Å². The Balaban J connectivity index is 1.89. The maximum Gasteiger partial charge on any atom is 0.142 e. The smallest absolute Gasteiger partial charge is 0.142 e. The minimum absolute atomic E-state index is 0.234. The highest BCUT2D eigenvalue weighted by Gasteiger charge is 1.95. The second kappa shape index (κ2) is 6.69. The summed E-state index contributed by atoms with van der Waals surface area (Å²) in [6.45, 7) is 2.33. The predicted octanol–water partition coefficient (Wildman–Crippen LogP) is 3.82. The lowest BCUT2D eigenvalue weighted by atomic mass is 10.1. The summed E-state index contributed by atoms with van der Waals surface area (Å²) in [7, 11) is 0. The molecule has 2 aromatic rings. The lowest BCUT2D eigenvalue weighted by Gasteiger charge is -2.00. The average molecular weight is 256 g/mol. The van der Waals surface area contributed by atoms with Crippen LogP contribution in [0.25, 0.3) is 0 Å². The van der Waals surface area contributed by atoms with Gasteiger partial charge in [-0.3, -0.25) is 0 Å². The molecule has 0 aliphatic carbocycles. The second-order valence-electron chi connectivity index (χ2n) is 4.16. The molecule has 0 unspecified atom stereocenters. The SMILES string of the molecule is CCc1cccc(/[C]=N\OCc2cccc(F)c2)c1. The standard InChI is InChI=1S/C16H15FNO/c1-2-13-5-3-6-14(9-13)11-18-19-12-15-7-4-8-16(17)10-15/h3-10H,2,12H2,1H3. The molecule has 2 rings (SSSR count). The number of rotatable bonds is 5. The first-order valence-electron chi connectivity index (χ1n) is 6.19. The van der Waals surface area contributed by atoms with Gasteiger partial charge in [-0.25, -0.2) is 4.39 Å². The van der Waals surface area contributed by atoms with E-state index in [9.17, 15) is 4.39 Å². The topological polar surface area (TPSA) is 21.6 Å². The maximum absolute atomic E-state index is 12.9. The predicted molar refractivity (Wildman–Crippen MR) is 73.5 cm³/mol. The van der Waals surface area contributed by atoms with Crippen molar-refractivity contribution in [2.75, 3.05) is 0 Å². The van der Waals surface area contributed by atoms with Crippen LogP contribution in [0.4, 0.5) is 4.39 Å². The van der Waals surface area contributed by atoms with Crippen LogP contribution in [0, 0.1) is 5.82 Å². The first-order chi connectivity index (χ1) is 9.28. The molecule has 0 N–H and O–H groups in total. The van der Waals surface area contributed by atoms with Gasteiger partial charge in [0.2, 0.25) is 0 Å². The molecule has 0 aliphatic heterocycles. The van der Waals surface area contributed by atoms with E-state index in [1.54, 1.807) is 12.1 Å². The van der Waals surface area contributed by atoms with Crippen molar-refractivity contribution in [3.05, 3.63) is 71.0 Å². The molecule has 0 fully saturated rings. The van der Waals surface area contributed by atoms with Gasteiger partial charge < -0.3 is 4.84 Å². The number of aryl methyl sites for hydroxylation is 1. The Morgan fingerprint density at radius 1 is 1.11 bits per heavy atom. The molecule has 97 valence electrons. The van der Waals surface area contributed by atoms with Crippen molar-refractivity contribution in [2.45, 2.75) is 20.0 Å². The second-order valence-corrected chi connectivity index (χ2v) is 4.16. The van der Waals surface area contributed by atoms with Crippen LogP contribution in [-0.2, 0) is 17.9 Å². The third-order valence-corrected chi connectivity index (χ3v) is 2.69. The first kappa shape index (κ1) is 13.3. The summed E-state index contributed by atoms with van der Waals surface area (Å²) in [6, 6.07) is 14.2. The lowest BCUT2D eigenvalue weighted by molar-refractivity contribution is 0.132. The molecule has 19 heavy (non-hydrogen) atoms. The highest BCUT2D eigenvalue weighted by molar-refractivity contribution is 5.79. The van der Waals surface area contributed by atoms with Crippen LogP contribution in [0.2, 0.25) is 0 Å². The third kappa shape index (κ3) is 4.21. The zero-order valence-corrected chi connectivity index (χ0v) is 10.8. The molecule has 1 radical (unpaired) electrons. The molecular weight excluding hydrogens is 241 g/mol. The Bertz CT molecular complexity index is 566. The zero-order chi connectivity index (χ0) is 13.5. The van der Waals surface area contributed by atoms with Crippen LogP contribution in [0.5, 0.6) is 0 Å².